The molecule has 300 valence electrons. The molecule has 1 aliphatic heterocycles. The first-order chi connectivity index (χ1) is 27.4. The fourth-order valence-corrected chi connectivity index (χ4v) is 8.66. The number of pyridine rings is 1. The van der Waals surface area contributed by atoms with Crippen LogP contribution in [0, 0.1) is 15.5 Å². The van der Waals surface area contributed by atoms with Crippen LogP contribution >= 0.6 is 11.6 Å². The molecule has 3 heterocycles. The average molecular weight is 814 g/mol. The lowest BCUT2D eigenvalue weighted by Crippen LogP contribution is -2.47. The summed E-state index contributed by atoms with van der Waals surface area (Å²) in [5.41, 5.74) is 6.58. The van der Waals surface area contributed by atoms with E-state index in [1.165, 1.54) is 36.0 Å². The monoisotopic (exact) mass is 813 g/mol. The van der Waals surface area contributed by atoms with E-state index in [2.05, 4.69) is 55.8 Å². The maximum absolute atomic E-state index is 13.5. The molecule has 0 amide bonds. The molecule has 0 atom stereocenters. The number of aromatic nitrogens is 2. The highest BCUT2D eigenvalue weighted by Gasteiger charge is 2.30. The highest BCUT2D eigenvalue weighted by molar-refractivity contribution is 7.89. The van der Waals surface area contributed by atoms with Crippen LogP contribution in [-0.2, 0) is 21.3 Å². The zero-order valence-electron chi connectivity index (χ0n) is 32.4. The largest absolute Gasteiger partial charge is 0.455 e. The molecule has 3 aromatic carbocycles. The number of nitro groups is 1. The molecule has 0 unspecified atom stereocenters. The molecular formula is C42H48ClN7O6S. The van der Waals surface area contributed by atoms with Gasteiger partial charge in [0.2, 0.25) is 10.0 Å². The number of nitrogens with one attached hydrogen (secondary N) is 3. The first-order valence-corrected chi connectivity index (χ1v) is 20.9. The Kier molecular flexibility index (Phi) is 12.2. The molecule has 57 heavy (non-hydrogen) atoms. The number of allylic oxidation sites excluding steroid dienone is 1. The van der Waals surface area contributed by atoms with E-state index in [0.29, 0.717) is 30.2 Å². The molecule has 0 radical (unpaired) electrons. The Labute approximate surface area is 338 Å². The number of nitrogens with zero attached hydrogens (tertiary/aromatic N) is 4. The van der Waals surface area contributed by atoms with Crippen molar-refractivity contribution in [1.82, 2.24) is 19.6 Å². The lowest BCUT2D eigenvalue weighted by atomic mass is 9.72. The second kappa shape index (κ2) is 17.2. The lowest BCUT2D eigenvalue weighted by molar-refractivity contribution is -0.384. The van der Waals surface area contributed by atoms with Crippen LogP contribution in [0.15, 0.2) is 95.7 Å². The summed E-state index contributed by atoms with van der Waals surface area (Å²) in [6, 6.07) is 21.6. The maximum Gasteiger partial charge on any atom is 0.293 e. The highest BCUT2D eigenvalue weighted by Crippen LogP contribution is 2.43. The summed E-state index contributed by atoms with van der Waals surface area (Å²) in [7, 11) is -2.63. The van der Waals surface area contributed by atoms with Crippen LogP contribution in [0.25, 0.3) is 16.6 Å². The fourth-order valence-electron chi connectivity index (χ4n) is 7.50. The van der Waals surface area contributed by atoms with E-state index < -0.39 is 14.9 Å². The molecule has 0 bridgehead atoms. The number of aromatic amines is 1. The number of H-pyrrole nitrogens is 1. The van der Waals surface area contributed by atoms with Crippen LogP contribution in [0.2, 0.25) is 5.02 Å². The molecule has 1 aliphatic carbocycles. The zero-order chi connectivity index (χ0) is 40.2. The van der Waals surface area contributed by atoms with Crippen molar-refractivity contribution in [2.75, 3.05) is 63.2 Å². The number of hydrogen-bond acceptors (Lipinski definition) is 10. The van der Waals surface area contributed by atoms with Crippen LogP contribution in [0.4, 0.5) is 17.1 Å². The topological polar surface area (TPSA) is 155 Å². The number of rotatable bonds is 15. The normalized spacial score (nSPS) is 16.2. The first-order valence-electron chi connectivity index (χ1n) is 19.1. The van der Waals surface area contributed by atoms with E-state index in [1.807, 2.05) is 42.5 Å². The van der Waals surface area contributed by atoms with Crippen molar-refractivity contribution in [3.8, 4) is 11.5 Å². The Morgan fingerprint density at radius 1 is 1.02 bits per heavy atom. The molecule has 0 spiro atoms. The number of methoxy groups -OCH3 is 1. The molecule has 1 fully saturated rings. The van der Waals surface area contributed by atoms with Gasteiger partial charge in [-0.1, -0.05) is 49.2 Å². The molecule has 2 aromatic heterocycles. The molecule has 3 N–H and O–H groups in total. The summed E-state index contributed by atoms with van der Waals surface area (Å²) in [6.07, 6.45) is 6.71. The van der Waals surface area contributed by atoms with Gasteiger partial charge < -0.3 is 24.7 Å². The van der Waals surface area contributed by atoms with Gasteiger partial charge in [-0.3, -0.25) is 15.0 Å². The number of piperazine rings is 1. The first kappa shape index (κ1) is 40.2. The molecule has 1 saturated heterocycles. The van der Waals surface area contributed by atoms with Crippen LogP contribution in [0.1, 0.15) is 44.2 Å². The molecular weight excluding hydrogens is 766 g/mol. The number of anilines is 2. The minimum atomic E-state index is -4.15. The van der Waals surface area contributed by atoms with E-state index in [4.69, 9.17) is 21.1 Å². The number of hydrogen-bond donors (Lipinski definition) is 3. The van der Waals surface area contributed by atoms with Gasteiger partial charge in [0.1, 0.15) is 22.8 Å². The minimum Gasteiger partial charge on any atom is -0.455 e. The van der Waals surface area contributed by atoms with E-state index in [1.54, 1.807) is 12.4 Å². The van der Waals surface area contributed by atoms with Crippen LogP contribution < -0.4 is 19.7 Å². The van der Waals surface area contributed by atoms with Crippen molar-refractivity contribution < 1.29 is 22.8 Å². The number of benzene rings is 3. The summed E-state index contributed by atoms with van der Waals surface area (Å²) in [5.74, 6) is 0.973. The Morgan fingerprint density at radius 2 is 1.81 bits per heavy atom. The van der Waals surface area contributed by atoms with Gasteiger partial charge in [0, 0.05) is 92.9 Å². The van der Waals surface area contributed by atoms with Crippen LogP contribution in [-0.4, -0.2) is 81.2 Å². The van der Waals surface area contributed by atoms with Gasteiger partial charge in [0.25, 0.3) is 5.69 Å². The van der Waals surface area contributed by atoms with Crippen LogP contribution in [0.5, 0.6) is 11.5 Å². The summed E-state index contributed by atoms with van der Waals surface area (Å²) < 4.78 is 41.1. The molecule has 2 aliphatic rings. The lowest BCUT2D eigenvalue weighted by Gasteiger charge is -2.39. The maximum atomic E-state index is 13.5. The number of nitro benzene ring substituents is 1. The summed E-state index contributed by atoms with van der Waals surface area (Å²) in [4.78, 5) is 23.4. The van der Waals surface area contributed by atoms with Crippen molar-refractivity contribution in [2.45, 2.75) is 44.6 Å². The molecule has 0 saturated carbocycles. The van der Waals surface area contributed by atoms with Crippen molar-refractivity contribution in [1.29, 1.82) is 0 Å². The fraction of sp³-hybridized carbons (Fsp3) is 0.357. The average Bonchev–Trinajstić information content (AvgIpc) is 3.67. The Morgan fingerprint density at radius 3 is 2.56 bits per heavy atom. The van der Waals surface area contributed by atoms with E-state index in [9.17, 15) is 18.5 Å². The Hall–Kier alpha value is -4.99. The van der Waals surface area contributed by atoms with Gasteiger partial charge in [0.05, 0.1) is 22.6 Å². The highest BCUT2D eigenvalue weighted by atomic mass is 35.5. The number of fused-ring (bicyclic) bond motifs is 1. The van der Waals surface area contributed by atoms with Gasteiger partial charge in [-0.2, -0.15) is 0 Å². The Balaban J connectivity index is 1.08. The number of sulfonamides is 1. The third-order valence-corrected chi connectivity index (χ3v) is 12.4. The third kappa shape index (κ3) is 9.77. The number of ether oxygens (including phenoxy) is 2. The molecule has 7 rings (SSSR count). The van der Waals surface area contributed by atoms with Gasteiger partial charge in [-0.05, 0) is 78.3 Å². The SMILES string of the molecule is COCCNc1ccc(S(=O)(=O)NCc2ccc(N3CCN(CC4=C(c5ccc(Cl)cc5)CC(C)(C)CC4)CC3)cc2Oc2cnc3[nH]ccc3c2)cc1[N+](=O)[O-]. The summed E-state index contributed by atoms with van der Waals surface area (Å²) in [6.45, 7) is 9.57. The summed E-state index contributed by atoms with van der Waals surface area (Å²) in [5, 5.41) is 16.4. The van der Waals surface area contributed by atoms with Crippen molar-refractivity contribution in [2.24, 2.45) is 5.41 Å². The molecule has 5 aromatic rings. The summed E-state index contributed by atoms with van der Waals surface area (Å²) >= 11 is 6.24. The quantitative estimate of drug-likeness (QED) is 0.0535. The van der Waals surface area contributed by atoms with Gasteiger partial charge in [-0.25, -0.2) is 18.1 Å². The standard InChI is InChI=1S/C42H48ClN7O6S/c1-42(2)14-12-32(37(25-42)29-4-7-33(43)8-5-29)28-48-17-19-49(20-18-48)34-9-6-31(40(23-34)56-35-22-30-13-15-45-41(30)46-27-35)26-47-57(53,54)36-10-11-38(44-16-21-55-3)39(24-36)50(51)52/h4-11,13,15,22-24,27,44,47H,12,14,16-21,25-26,28H2,1-3H3,(H,45,46). The van der Waals surface area contributed by atoms with Gasteiger partial charge >= 0.3 is 0 Å². The van der Waals surface area contributed by atoms with Gasteiger partial charge in [0.15, 0.2) is 0 Å². The molecule has 13 nitrogen and oxygen atoms in total. The van der Waals surface area contributed by atoms with Crippen molar-refractivity contribution >= 4 is 55.3 Å². The predicted molar refractivity (Wildman–Crippen MR) is 225 cm³/mol. The zero-order valence-corrected chi connectivity index (χ0v) is 34.0. The smallest absolute Gasteiger partial charge is 0.293 e. The van der Waals surface area contributed by atoms with Gasteiger partial charge in [-0.15, -0.1) is 0 Å². The molecule has 15 heteroatoms. The van der Waals surface area contributed by atoms with E-state index in [-0.39, 0.29) is 28.2 Å². The Bertz CT molecular complexity index is 2370. The third-order valence-electron chi connectivity index (χ3n) is 10.7. The van der Waals surface area contributed by atoms with E-state index >= 15 is 0 Å². The second-order valence-electron chi connectivity index (χ2n) is 15.4. The van der Waals surface area contributed by atoms with Crippen molar-refractivity contribution in [3.05, 3.63) is 117 Å². The van der Waals surface area contributed by atoms with Crippen molar-refractivity contribution in [3.63, 3.8) is 0 Å². The number of halogens is 1. The predicted octanol–water partition coefficient (Wildman–Crippen LogP) is 8.24. The minimum absolute atomic E-state index is 0.116. The second-order valence-corrected chi connectivity index (χ2v) is 17.6. The van der Waals surface area contributed by atoms with Crippen LogP contribution in [0.3, 0.4) is 0 Å². The van der Waals surface area contributed by atoms with E-state index in [0.717, 1.165) is 79.8 Å².